The monoisotopic (exact) mass is 414 g/mol. The van der Waals surface area contributed by atoms with Gasteiger partial charge in [-0.3, -0.25) is 4.98 Å². The average molecular weight is 414 g/mol. The summed E-state index contributed by atoms with van der Waals surface area (Å²) in [6.07, 6.45) is 4.33. The van der Waals surface area contributed by atoms with Gasteiger partial charge in [0.25, 0.3) is 0 Å². The van der Waals surface area contributed by atoms with Gasteiger partial charge in [-0.25, -0.2) is 4.99 Å². The molecule has 0 spiro atoms. The van der Waals surface area contributed by atoms with Crippen LogP contribution >= 0.6 is 24.0 Å². The minimum atomic E-state index is 0. The maximum absolute atomic E-state index is 5.31. The molecular weight excluding hydrogens is 391 g/mol. The van der Waals surface area contributed by atoms with Crippen LogP contribution in [0, 0.1) is 6.92 Å². The molecule has 2 heterocycles. The molecule has 0 fully saturated rings. The van der Waals surface area contributed by atoms with E-state index < -0.39 is 0 Å². The lowest BCUT2D eigenvalue weighted by Crippen LogP contribution is -2.38. The Hall–Kier alpha value is -1.57. The van der Waals surface area contributed by atoms with Crippen LogP contribution in [0.15, 0.2) is 46.1 Å². The third kappa shape index (κ3) is 6.05. The summed E-state index contributed by atoms with van der Waals surface area (Å²) in [4.78, 5) is 8.92. The largest absolute Gasteiger partial charge is 0.469 e. The van der Waals surface area contributed by atoms with Crippen LogP contribution in [0.25, 0.3) is 0 Å². The van der Waals surface area contributed by atoms with E-state index in [2.05, 4.69) is 40.5 Å². The Kier molecular flexibility index (Phi) is 8.57. The topological polar surface area (TPSA) is 62.5 Å². The summed E-state index contributed by atoms with van der Waals surface area (Å²) in [6.45, 7) is 6.28. The molecule has 22 heavy (non-hydrogen) atoms. The molecule has 0 bridgehead atoms. The minimum absolute atomic E-state index is 0. The first-order valence-electron chi connectivity index (χ1n) is 7.24. The number of pyridine rings is 1. The Morgan fingerprint density at radius 2 is 2.14 bits per heavy atom. The van der Waals surface area contributed by atoms with E-state index in [1.54, 1.807) is 12.5 Å². The first kappa shape index (κ1) is 18.5. The molecule has 120 valence electrons. The lowest BCUT2D eigenvalue weighted by Gasteiger charge is -2.11. The van der Waals surface area contributed by atoms with Crippen molar-refractivity contribution < 1.29 is 4.42 Å². The van der Waals surface area contributed by atoms with Crippen LogP contribution in [0.1, 0.15) is 23.9 Å². The SMILES string of the molecule is CCNC(=NCc1ncccc1C)NCCc1ccco1.I. The third-order valence-corrected chi connectivity index (χ3v) is 3.09. The Morgan fingerprint density at radius 1 is 1.27 bits per heavy atom. The van der Waals surface area contributed by atoms with Crippen molar-refractivity contribution in [2.24, 2.45) is 4.99 Å². The van der Waals surface area contributed by atoms with Gasteiger partial charge < -0.3 is 15.1 Å². The molecule has 5 nitrogen and oxygen atoms in total. The van der Waals surface area contributed by atoms with E-state index in [4.69, 9.17) is 4.42 Å². The highest BCUT2D eigenvalue weighted by Gasteiger charge is 2.01. The van der Waals surface area contributed by atoms with Crippen molar-refractivity contribution in [3.63, 3.8) is 0 Å². The number of furan rings is 1. The van der Waals surface area contributed by atoms with Gasteiger partial charge in [0, 0.05) is 25.7 Å². The molecule has 0 saturated heterocycles. The standard InChI is InChI=1S/C16H22N4O.HI/c1-3-17-16(19-10-8-14-7-5-11-21-14)20-12-15-13(2)6-4-9-18-15;/h4-7,9,11H,3,8,10,12H2,1-2H3,(H2,17,19,20);1H. The lowest BCUT2D eigenvalue weighted by atomic mass is 10.2. The number of rotatable bonds is 6. The lowest BCUT2D eigenvalue weighted by molar-refractivity contribution is 0.507. The average Bonchev–Trinajstić information content (AvgIpc) is 2.99. The normalized spacial score (nSPS) is 10.9. The van der Waals surface area contributed by atoms with Gasteiger partial charge in [0.15, 0.2) is 5.96 Å². The fraction of sp³-hybridized carbons (Fsp3) is 0.375. The van der Waals surface area contributed by atoms with Crippen molar-refractivity contribution in [1.82, 2.24) is 15.6 Å². The molecule has 0 saturated carbocycles. The molecule has 0 aliphatic rings. The number of aryl methyl sites for hydroxylation is 1. The van der Waals surface area contributed by atoms with Gasteiger partial charge >= 0.3 is 0 Å². The van der Waals surface area contributed by atoms with Crippen molar-refractivity contribution in [3.05, 3.63) is 53.7 Å². The predicted octanol–water partition coefficient (Wildman–Crippen LogP) is 2.90. The van der Waals surface area contributed by atoms with Crippen LogP contribution in [-0.4, -0.2) is 24.0 Å². The Bertz CT molecular complexity index is 569. The fourth-order valence-electron chi connectivity index (χ4n) is 1.94. The highest BCUT2D eigenvalue weighted by Crippen LogP contribution is 2.04. The maximum Gasteiger partial charge on any atom is 0.191 e. The van der Waals surface area contributed by atoms with Crippen LogP contribution < -0.4 is 10.6 Å². The second-order valence-electron chi connectivity index (χ2n) is 4.72. The number of halogens is 1. The number of aliphatic imine (C=N–C) groups is 1. The number of hydrogen-bond acceptors (Lipinski definition) is 3. The van der Waals surface area contributed by atoms with Crippen molar-refractivity contribution in [3.8, 4) is 0 Å². The Labute approximate surface area is 148 Å². The molecule has 0 aliphatic carbocycles. The van der Waals surface area contributed by atoms with Crippen LogP contribution in [0.4, 0.5) is 0 Å². The van der Waals surface area contributed by atoms with Gasteiger partial charge in [-0.15, -0.1) is 24.0 Å². The van der Waals surface area contributed by atoms with Crippen LogP contribution in [0.3, 0.4) is 0 Å². The summed E-state index contributed by atoms with van der Waals surface area (Å²) in [6, 6.07) is 7.87. The smallest absolute Gasteiger partial charge is 0.191 e. The van der Waals surface area contributed by atoms with Gasteiger partial charge in [0.2, 0.25) is 0 Å². The maximum atomic E-state index is 5.31. The van der Waals surface area contributed by atoms with Crippen molar-refractivity contribution in [1.29, 1.82) is 0 Å². The van der Waals surface area contributed by atoms with E-state index in [0.29, 0.717) is 6.54 Å². The molecule has 0 amide bonds. The number of aromatic nitrogens is 1. The quantitative estimate of drug-likeness (QED) is 0.434. The van der Waals surface area contributed by atoms with E-state index in [0.717, 1.165) is 42.5 Å². The molecule has 2 rings (SSSR count). The zero-order valence-corrected chi connectivity index (χ0v) is 15.3. The zero-order chi connectivity index (χ0) is 14.9. The molecule has 0 unspecified atom stereocenters. The first-order chi connectivity index (χ1) is 10.3. The first-order valence-corrected chi connectivity index (χ1v) is 7.24. The van der Waals surface area contributed by atoms with Gasteiger partial charge in [-0.2, -0.15) is 0 Å². The Balaban J connectivity index is 0.00000242. The molecule has 2 N–H and O–H groups in total. The van der Waals surface area contributed by atoms with Crippen molar-refractivity contribution in [2.75, 3.05) is 13.1 Å². The van der Waals surface area contributed by atoms with Gasteiger partial charge in [-0.1, -0.05) is 6.07 Å². The molecule has 2 aromatic rings. The van der Waals surface area contributed by atoms with Gasteiger partial charge in [0.1, 0.15) is 5.76 Å². The number of nitrogens with one attached hydrogen (secondary N) is 2. The highest BCUT2D eigenvalue weighted by molar-refractivity contribution is 14.0. The molecule has 2 aromatic heterocycles. The molecule has 6 heteroatoms. The molecular formula is C16H23IN4O. The van der Waals surface area contributed by atoms with Crippen LogP contribution in [0.5, 0.6) is 0 Å². The van der Waals surface area contributed by atoms with E-state index in [9.17, 15) is 0 Å². The second kappa shape index (κ2) is 10.2. The fourth-order valence-corrected chi connectivity index (χ4v) is 1.94. The minimum Gasteiger partial charge on any atom is -0.469 e. The molecule has 0 radical (unpaired) electrons. The van der Waals surface area contributed by atoms with Crippen LogP contribution in [0.2, 0.25) is 0 Å². The summed E-state index contributed by atoms with van der Waals surface area (Å²) in [5, 5.41) is 6.53. The zero-order valence-electron chi connectivity index (χ0n) is 13.0. The molecule has 0 aromatic carbocycles. The second-order valence-corrected chi connectivity index (χ2v) is 4.72. The predicted molar refractivity (Wildman–Crippen MR) is 99.6 cm³/mol. The summed E-state index contributed by atoms with van der Waals surface area (Å²) in [5.41, 5.74) is 2.16. The van der Waals surface area contributed by atoms with Crippen molar-refractivity contribution >= 4 is 29.9 Å². The Morgan fingerprint density at radius 3 is 2.82 bits per heavy atom. The number of hydrogen-bond donors (Lipinski definition) is 2. The summed E-state index contributed by atoms with van der Waals surface area (Å²) in [5.74, 6) is 1.77. The molecule has 0 aliphatic heterocycles. The number of nitrogens with zero attached hydrogens (tertiary/aromatic N) is 2. The summed E-state index contributed by atoms with van der Waals surface area (Å²) < 4.78 is 5.31. The van der Waals surface area contributed by atoms with Crippen LogP contribution in [-0.2, 0) is 13.0 Å². The van der Waals surface area contributed by atoms with E-state index in [1.807, 2.05) is 18.2 Å². The molecule has 0 atom stereocenters. The van der Waals surface area contributed by atoms with E-state index in [1.165, 1.54) is 0 Å². The summed E-state index contributed by atoms with van der Waals surface area (Å²) in [7, 11) is 0. The summed E-state index contributed by atoms with van der Waals surface area (Å²) >= 11 is 0. The highest BCUT2D eigenvalue weighted by atomic mass is 127. The van der Waals surface area contributed by atoms with Gasteiger partial charge in [-0.05, 0) is 37.6 Å². The van der Waals surface area contributed by atoms with Gasteiger partial charge in [0.05, 0.1) is 18.5 Å². The third-order valence-electron chi connectivity index (χ3n) is 3.09. The number of guanidine groups is 1. The van der Waals surface area contributed by atoms with Crippen molar-refractivity contribution in [2.45, 2.75) is 26.8 Å². The van der Waals surface area contributed by atoms with E-state index in [-0.39, 0.29) is 24.0 Å². The van der Waals surface area contributed by atoms with E-state index >= 15 is 0 Å².